The molecule has 0 saturated heterocycles. The molecule has 1 heterocycles. The van der Waals surface area contributed by atoms with Gasteiger partial charge in [-0.15, -0.1) is 5.10 Å². The molecule has 1 aliphatic carbocycles. The van der Waals surface area contributed by atoms with Crippen LogP contribution in [0.15, 0.2) is 30.5 Å². The van der Waals surface area contributed by atoms with Gasteiger partial charge < -0.3 is 10.2 Å². The third kappa shape index (κ3) is 4.43. The number of nitrogens with one attached hydrogen (secondary N) is 1. The maximum absolute atomic E-state index is 12.5. The summed E-state index contributed by atoms with van der Waals surface area (Å²) in [7, 11) is 3.94. The van der Waals surface area contributed by atoms with E-state index < -0.39 is 0 Å². The molecule has 1 amide bonds. The highest BCUT2D eigenvalue weighted by Gasteiger charge is 2.21. The number of halogens is 1. The van der Waals surface area contributed by atoms with Crippen LogP contribution in [-0.2, 0) is 0 Å². The van der Waals surface area contributed by atoms with Gasteiger partial charge >= 0.3 is 0 Å². The van der Waals surface area contributed by atoms with Crippen molar-refractivity contribution >= 4 is 17.5 Å². The van der Waals surface area contributed by atoms with Crippen molar-refractivity contribution in [2.75, 3.05) is 20.6 Å². The molecule has 2 aromatic rings. The lowest BCUT2D eigenvalue weighted by Crippen LogP contribution is -2.34. The van der Waals surface area contributed by atoms with Gasteiger partial charge in [0.15, 0.2) is 5.69 Å². The van der Waals surface area contributed by atoms with Crippen LogP contribution in [0, 0.1) is 0 Å². The van der Waals surface area contributed by atoms with Crippen LogP contribution in [0.5, 0.6) is 0 Å². The monoisotopic (exact) mass is 375 g/mol. The Bertz CT molecular complexity index is 739. The molecule has 26 heavy (non-hydrogen) atoms. The second kappa shape index (κ2) is 8.64. The van der Waals surface area contributed by atoms with Gasteiger partial charge in [-0.1, -0.05) is 54.3 Å². The number of hydrogen-bond donors (Lipinski definition) is 1. The quantitative estimate of drug-likeness (QED) is 0.839. The predicted molar refractivity (Wildman–Crippen MR) is 102 cm³/mol. The van der Waals surface area contributed by atoms with E-state index in [1.807, 2.05) is 47.9 Å². The topological polar surface area (TPSA) is 63.1 Å². The van der Waals surface area contributed by atoms with E-state index >= 15 is 0 Å². The van der Waals surface area contributed by atoms with Crippen molar-refractivity contribution in [3.05, 3.63) is 46.7 Å². The van der Waals surface area contributed by atoms with Crippen LogP contribution in [0.4, 0.5) is 0 Å². The molecular weight excluding hydrogens is 350 g/mol. The number of nitrogens with zero attached hydrogens (tertiary/aromatic N) is 4. The van der Waals surface area contributed by atoms with E-state index in [1.54, 1.807) is 6.20 Å². The van der Waals surface area contributed by atoms with Gasteiger partial charge in [0.1, 0.15) is 0 Å². The second-order valence-corrected chi connectivity index (χ2v) is 7.49. The molecule has 3 rings (SSSR count). The first-order valence-corrected chi connectivity index (χ1v) is 9.55. The molecule has 1 aromatic heterocycles. The van der Waals surface area contributed by atoms with Gasteiger partial charge in [0.25, 0.3) is 5.91 Å². The molecule has 1 aromatic carbocycles. The van der Waals surface area contributed by atoms with Gasteiger partial charge in [0.05, 0.1) is 18.3 Å². The highest BCUT2D eigenvalue weighted by molar-refractivity contribution is 6.31. The SMILES string of the molecule is CN(C)[C@H](CNC(=O)c1cn(C2CCCCC2)nn1)c1ccccc1Cl. The van der Waals surface area contributed by atoms with E-state index in [4.69, 9.17) is 11.6 Å². The minimum absolute atomic E-state index is 0.0129. The summed E-state index contributed by atoms with van der Waals surface area (Å²) in [6.07, 6.45) is 7.71. The molecule has 1 atom stereocenters. The van der Waals surface area contributed by atoms with Crippen LogP contribution in [0.2, 0.25) is 5.02 Å². The lowest BCUT2D eigenvalue weighted by Gasteiger charge is -2.25. The molecule has 1 aliphatic rings. The Hall–Kier alpha value is -1.92. The molecule has 1 N–H and O–H groups in total. The summed E-state index contributed by atoms with van der Waals surface area (Å²) >= 11 is 6.32. The fourth-order valence-corrected chi connectivity index (χ4v) is 3.76. The lowest BCUT2D eigenvalue weighted by atomic mass is 9.96. The van der Waals surface area contributed by atoms with Crippen molar-refractivity contribution in [3.8, 4) is 0 Å². The zero-order valence-electron chi connectivity index (χ0n) is 15.4. The van der Waals surface area contributed by atoms with Crippen molar-refractivity contribution < 1.29 is 4.79 Å². The molecule has 7 heteroatoms. The first kappa shape index (κ1) is 18.9. The largest absolute Gasteiger partial charge is 0.349 e. The summed E-state index contributed by atoms with van der Waals surface area (Å²) in [4.78, 5) is 14.5. The molecule has 0 radical (unpaired) electrons. The average molecular weight is 376 g/mol. The minimum Gasteiger partial charge on any atom is -0.349 e. The second-order valence-electron chi connectivity index (χ2n) is 7.09. The smallest absolute Gasteiger partial charge is 0.273 e. The van der Waals surface area contributed by atoms with Crippen LogP contribution in [0.1, 0.15) is 60.2 Å². The van der Waals surface area contributed by atoms with Gasteiger partial charge in [-0.2, -0.15) is 0 Å². The number of amides is 1. The molecular formula is C19H26ClN5O. The van der Waals surface area contributed by atoms with Gasteiger partial charge in [0.2, 0.25) is 0 Å². The third-order valence-electron chi connectivity index (χ3n) is 5.04. The first-order chi connectivity index (χ1) is 12.6. The molecule has 6 nitrogen and oxygen atoms in total. The van der Waals surface area contributed by atoms with Crippen LogP contribution in [-0.4, -0.2) is 46.4 Å². The van der Waals surface area contributed by atoms with Crippen molar-refractivity contribution in [2.24, 2.45) is 0 Å². The van der Waals surface area contributed by atoms with Gasteiger partial charge in [0, 0.05) is 11.6 Å². The summed E-state index contributed by atoms with van der Waals surface area (Å²) in [6.45, 7) is 0.450. The Morgan fingerprint density at radius 2 is 2.04 bits per heavy atom. The Kier molecular flexibility index (Phi) is 6.27. The standard InChI is InChI=1S/C19H26ClN5O/c1-24(2)18(15-10-6-7-11-16(15)20)12-21-19(26)17-13-25(23-22-17)14-8-4-3-5-9-14/h6-7,10-11,13-14,18H,3-5,8-9,12H2,1-2H3,(H,21,26)/t18-/m1/s1. The van der Waals surface area contributed by atoms with Crippen molar-refractivity contribution in [3.63, 3.8) is 0 Å². The van der Waals surface area contributed by atoms with E-state index in [0.29, 0.717) is 23.3 Å². The molecule has 1 saturated carbocycles. The molecule has 140 valence electrons. The van der Waals surface area contributed by atoms with E-state index in [0.717, 1.165) is 18.4 Å². The Labute approximate surface area is 159 Å². The number of carbonyl (C=O) groups is 1. The Balaban J connectivity index is 1.64. The van der Waals surface area contributed by atoms with Crippen LogP contribution >= 0.6 is 11.6 Å². The number of rotatable bonds is 6. The maximum atomic E-state index is 12.5. The predicted octanol–water partition coefficient (Wildman–Crippen LogP) is 3.47. The van der Waals surface area contributed by atoms with Crippen LogP contribution in [0.3, 0.4) is 0 Å². The van der Waals surface area contributed by atoms with Crippen molar-refractivity contribution in [1.82, 2.24) is 25.2 Å². The normalized spacial score (nSPS) is 16.6. The van der Waals surface area contributed by atoms with E-state index in [-0.39, 0.29) is 11.9 Å². The van der Waals surface area contributed by atoms with E-state index in [2.05, 4.69) is 15.6 Å². The first-order valence-electron chi connectivity index (χ1n) is 9.17. The summed E-state index contributed by atoms with van der Waals surface area (Å²) in [5.74, 6) is -0.203. The third-order valence-corrected chi connectivity index (χ3v) is 5.38. The molecule has 0 bridgehead atoms. The summed E-state index contributed by atoms with van der Waals surface area (Å²) in [6, 6.07) is 8.07. The number of aromatic nitrogens is 3. The fraction of sp³-hybridized carbons (Fsp3) is 0.526. The number of benzene rings is 1. The van der Waals surface area contributed by atoms with Crippen molar-refractivity contribution in [2.45, 2.75) is 44.2 Å². The number of likely N-dealkylation sites (N-methyl/N-ethyl adjacent to an activating group) is 1. The van der Waals surface area contributed by atoms with Gasteiger partial charge in [-0.3, -0.25) is 4.79 Å². The van der Waals surface area contributed by atoms with Gasteiger partial charge in [-0.05, 0) is 38.6 Å². The van der Waals surface area contributed by atoms with E-state index in [9.17, 15) is 4.79 Å². The Morgan fingerprint density at radius 3 is 2.73 bits per heavy atom. The average Bonchev–Trinajstić information content (AvgIpc) is 3.14. The summed E-state index contributed by atoms with van der Waals surface area (Å²) in [5, 5.41) is 11.9. The number of hydrogen-bond acceptors (Lipinski definition) is 4. The highest BCUT2D eigenvalue weighted by atomic mass is 35.5. The molecule has 0 unspecified atom stereocenters. The molecule has 1 fully saturated rings. The summed E-state index contributed by atoms with van der Waals surface area (Å²) in [5.41, 5.74) is 1.36. The van der Waals surface area contributed by atoms with Crippen LogP contribution in [0.25, 0.3) is 0 Å². The summed E-state index contributed by atoms with van der Waals surface area (Å²) < 4.78 is 1.85. The fourth-order valence-electron chi connectivity index (χ4n) is 3.50. The van der Waals surface area contributed by atoms with Gasteiger partial charge in [-0.25, -0.2) is 4.68 Å². The van der Waals surface area contributed by atoms with Crippen molar-refractivity contribution in [1.29, 1.82) is 0 Å². The van der Waals surface area contributed by atoms with Crippen LogP contribution < -0.4 is 5.32 Å². The lowest BCUT2D eigenvalue weighted by molar-refractivity contribution is 0.0937. The minimum atomic E-state index is -0.203. The zero-order valence-corrected chi connectivity index (χ0v) is 16.1. The molecule has 0 aliphatic heterocycles. The maximum Gasteiger partial charge on any atom is 0.273 e. The van der Waals surface area contributed by atoms with E-state index in [1.165, 1.54) is 19.3 Å². The Morgan fingerprint density at radius 1 is 1.31 bits per heavy atom. The highest BCUT2D eigenvalue weighted by Crippen LogP contribution is 2.27. The zero-order chi connectivity index (χ0) is 18.5. The molecule has 0 spiro atoms. The number of carbonyl (C=O) groups excluding carboxylic acids is 1.